The van der Waals surface area contributed by atoms with Gasteiger partial charge >= 0.3 is 12.6 Å². The zero-order valence-corrected chi connectivity index (χ0v) is 11.2. The number of anilines is 1. The molecule has 7 heteroatoms. The zero-order chi connectivity index (χ0) is 14.8. The van der Waals surface area contributed by atoms with Crippen LogP contribution in [-0.4, -0.2) is 32.4 Å². The molecule has 0 heterocycles. The van der Waals surface area contributed by atoms with Crippen LogP contribution in [0, 0.1) is 0 Å². The van der Waals surface area contributed by atoms with E-state index in [2.05, 4.69) is 15.4 Å². The van der Waals surface area contributed by atoms with Crippen molar-refractivity contribution in [2.75, 3.05) is 25.1 Å². The van der Waals surface area contributed by atoms with Crippen LogP contribution in [0.3, 0.4) is 0 Å². The topological polar surface area (TPSA) is 59.6 Å². The molecule has 0 spiro atoms. The number of alkyl halides is 2. The fourth-order valence-electron chi connectivity index (χ4n) is 1.46. The molecule has 0 fully saturated rings. The van der Waals surface area contributed by atoms with Crippen molar-refractivity contribution >= 4 is 11.7 Å². The number of halogens is 2. The number of para-hydroxylation sites is 2. The predicted octanol–water partition coefficient (Wildman–Crippen LogP) is 2.84. The van der Waals surface area contributed by atoms with Crippen molar-refractivity contribution in [2.45, 2.75) is 20.0 Å². The third-order valence-corrected chi connectivity index (χ3v) is 2.31. The monoisotopic (exact) mass is 288 g/mol. The van der Waals surface area contributed by atoms with Crippen LogP contribution >= 0.6 is 0 Å². The van der Waals surface area contributed by atoms with E-state index in [1.807, 2.05) is 6.92 Å². The number of hydrogen-bond acceptors (Lipinski definition) is 3. The number of amides is 2. The summed E-state index contributed by atoms with van der Waals surface area (Å²) in [5, 5.41) is 5.06. The molecule has 0 bridgehead atoms. The highest BCUT2D eigenvalue weighted by Crippen LogP contribution is 2.25. The molecule has 0 atom stereocenters. The van der Waals surface area contributed by atoms with Gasteiger partial charge in [-0.15, -0.1) is 0 Å². The number of rotatable bonds is 8. The van der Waals surface area contributed by atoms with Gasteiger partial charge < -0.3 is 20.1 Å². The van der Waals surface area contributed by atoms with Crippen molar-refractivity contribution in [1.29, 1.82) is 0 Å². The molecule has 0 radical (unpaired) electrons. The number of carbonyl (C=O) groups excluding carboxylic acids is 1. The number of carbonyl (C=O) groups is 1. The van der Waals surface area contributed by atoms with Crippen LogP contribution < -0.4 is 15.4 Å². The lowest BCUT2D eigenvalue weighted by Gasteiger charge is -2.12. The molecule has 0 aliphatic carbocycles. The molecule has 2 amide bonds. The molecule has 2 N–H and O–H groups in total. The Morgan fingerprint density at radius 3 is 2.80 bits per heavy atom. The van der Waals surface area contributed by atoms with E-state index in [0.717, 1.165) is 0 Å². The van der Waals surface area contributed by atoms with Gasteiger partial charge in [0.1, 0.15) is 5.75 Å². The predicted molar refractivity (Wildman–Crippen MR) is 71.2 cm³/mol. The van der Waals surface area contributed by atoms with Gasteiger partial charge in [0.05, 0.1) is 5.69 Å². The minimum Gasteiger partial charge on any atom is -0.433 e. The SMILES string of the molecule is CCOCCCNC(=O)Nc1ccccc1OC(F)F. The second-order valence-electron chi connectivity index (χ2n) is 3.81. The highest BCUT2D eigenvalue weighted by molar-refractivity contribution is 5.90. The Hall–Kier alpha value is -1.89. The largest absolute Gasteiger partial charge is 0.433 e. The Morgan fingerprint density at radius 2 is 2.10 bits per heavy atom. The zero-order valence-electron chi connectivity index (χ0n) is 11.2. The van der Waals surface area contributed by atoms with Gasteiger partial charge in [-0.2, -0.15) is 8.78 Å². The Labute approximate surface area is 116 Å². The summed E-state index contributed by atoms with van der Waals surface area (Å²) in [4.78, 5) is 11.6. The van der Waals surface area contributed by atoms with Crippen LogP contribution in [-0.2, 0) is 4.74 Å². The first kappa shape index (κ1) is 16.2. The van der Waals surface area contributed by atoms with E-state index < -0.39 is 12.6 Å². The summed E-state index contributed by atoms with van der Waals surface area (Å²) in [5.41, 5.74) is 0.190. The smallest absolute Gasteiger partial charge is 0.387 e. The molecular weight excluding hydrogens is 270 g/mol. The van der Waals surface area contributed by atoms with Crippen LogP contribution in [0.1, 0.15) is 13.3 Å². The summed E-state index contributed by atoms with van der Waals surface area (Å²) in [6, 6.07) is 5.52. The maximum atomic E-state index is 12.2. The summed E-state index contributed by atoms with van der Waals surface area (Å²) in [5.74, 6) is -0.0769. The highest BCUT2D eigenvalue weighted by Gasteiger charge is 2.10. The van der Waals surface area contributed by atoms with Crippen molar-refractivity contribution in [3.05, 3.63) is 24.3 Å². The van der Waals surface area contributed by atoms with Gasteiger partial charge in [-0.3, -0.25) is 0 Å². The molecule has 1 aromatic rings. The first-order valence-electron chi connectivity index (χ1n) is 6.30. The second kappa shape index (κ2) is 9.08. The standard InChI is InChI=1S/C13H18F2N2O3/c1-2-19-9-5-8-16-13(18)17-10-6-3-4-7-11(10)20-12(14)15/h3-4,6-7,12H,2,5,8-9H2,1H3,(H2,16,17,18). The molecule has 1 rings (SSSR count). The Morgan fingerprint density at radius 1 is 1.35 bits per heavy atom. The first-order valence-corrected chi connectivity index (χ1v) is 6.30. The summed E-state index contributed by atoms with van der Waals surface area (Å²) in [6.45, 7) is 0.572. The lowest BCUT2D eigenvalue weighted by Crippen LogP contribution is -2.30. The van der Waals surface area contributed by atoms with Gasteiger partial charge in [-0.05, 0) is 25.5 Å². The molecule has 112 valence electrons. The molecule has 1 aromatic carbocycles. The van der Waals surface area contributed by atoms with Gasteiger partial charge in [-0.25, -0.2) is 4.79 Å². The fraction of sp³-hybridized carbons (Fsp3) is 0.462. The van der Waals surface area contributed by atoms with Crippen molar-refractivity contribution in [1.82, 2.24) is 5.32 Å². The molecule has 0 unspecified atom stereocenters. The van der Waals surface area contributed by atoms with Crippen molar-refractivity contribution in [3.63, 3.8) is 0 Å². The Balaban J connectivity index is 2.41. The lowest BCUT2D eigenvalue weighted by atomic mass is 10.3. The summed E-state index contributed by atoms with van der Waals surface area (Å²) in [6.07, 6.45) is 0.677. The highest BCUT2D eigenvalue weighted by atomic mass is 19.3. The minimum absolute atomic E-state index is 0.0769. The van der Waals surface area contributed by atoms with E-state index in [4.69, 9.17) is 4.74 Å². The van der Waals surface area contributed by atoms with E-state index in [1.165, 1.54) is 12.1 Å². The average Bonchev–Trinajstić information content (AvgIpc) is 2.40. The van der Waals surface area contributed by atoms with Crippen molar-refractivity contribution < 1.29 is 23.0 Å². The quantitative estimate of drug-likeness (QED) is 0.723. The molecule has 0 saturated carbocycles. The molecule has 5 nitrogen and oxygen atoms in total. The van der Waals surface area contributed by atoms with E-state index in [1.54, 1.807) is 12.1 Å². The van der Waals surface area contributed by atoms with Crippen LogP contribution in [0.4, 0.5) is 19.3 Å². The van der Waals surface area contributed by atoms with Gasteiger partial charge in [0.15, 0.2) is 0 Å². The van der Waals surface area contributed by atoms with E-state index in [9.17, 15) is 13.6 Å². The molecule has 0 aromatic heterocycles. The summed E-state index contributed by atoms with van der Waals surface area (Å²) < 4.78 is 33.8. The van der Waals surface area contributed by atoms with Crippen LogP contribution in [0.25, 0.3) is 0 Å². The van der Waals surface area contributed by atoms with Crippen molar-refractivity contribution in [2.24, 2.45) is 0 Å². The molecule has 0 aliphatic rings. The van der Waals surface area contributed by atoms with Gasteiger partial charge in [0.2, 0.25) is 0 Å². The number of ether oxygens (including phenoxy) is 2. The Kier molecular flexibility index (Phi) is 7.34. The summed E-state index contributed by atoms with van der Waals surface area (Å²) in [7, 11) is 0. The number of urea groups is 1. The van der Waals surface area contributed by atoms with E-state index in [0.29, 0.717) is 26.2 Å². The third kappa shape index (κ3) is 6.33. The summed E-state index contributed by atoms with van der Waals surface area (Å²) >= 11 is 0. The lowest BCUT2D eigenvalue weighted by molar-refractivity contribution is -0.0493. The Bertz CT molecular complexity index is 416. The first-order chi connectivity index (χ1) is 9.63. The van der Waals surface area contributed by atoms with Crippen LogP contribution in [0.2, 0.25) is 0 Å². The van der Waals surface area contributed by atoms with Gasteiger partial charge in [0.25, 0.3) is 0 Å². The maximum Gasteiger partial charge on any atom is 0.387 e. The number of nitrogens with one attached hydrogen (secondary N) is 2. The second-order valence-corrected chi connectivity index (χ2v) is 3.81. The van der Waals surface area contributed by atoms with Crippen molar-refractivity contribution in [3.8, 4) is 5.75 Å². The molecular formula is C13H18F2N2O3. The normalized spacial score (nSPS) is 10.4. The number of hydrogen-bond donors (Lipinski definition) is 2. The third-order valence-electron chi connectivity index (χ3n) is 2.31. The number of benzene rings is 1. The average molecular weight is 288 g/mol. The van der Waals surface area contributed by atoms with Gasteiger partial charge in [0, 0.05) is 19.8 Å². The maximum absolute atomic E-state index is 12.2. The van der Waals surface area contributed by atoms with E-state index >= 15 is 0 Å². The van der Waals surface area contributed by atoms with Crippen LogP contribution in [0.5, 0.6) is 5.75 Å². The minimum atomic E-state index is -2.94. The van der Waals surface area contributed by atoms with Crippen LogP contribution in [0.15, 0.2) is 24.3 Å². The molecule has 0 saturated heterocycles. The van der Waals surface area contributed by atoms with E-state index in [-0.39, 0.29) is 11.4 Å². The fourth-order valence-corrected chi connectivity index (χ4v) is 1.46. The molecule has 0 aliphatic heterocycles. The molecule has 20 heavy (non-hydrogen) atoms. The van der Waals surface area contributed by atoms with Gasteiger partial charge in [-0.1, -0.05) is 12.1 Å².